The van der Waals surface area contributed by atoms with Crippen molar-refractivity contribution >= 4 is 18.2 Å². The highest BCUT2D eigenvalue weighted by atomic mass is 16.5. The maximum absolute atomic E-state index is 5.85. The fourth-order valence-corrected chi connectivity index (χ4v) is 4.85. The Morgan fingerprint density at radius 2 is 0.962 bits per heavy atom. The molecule has 0 aliphatic heterocycles. The van der Waals surface area contributed by atoms with Crippen LogP contribution >= 0.6 is 0 Å². The van der Waals surface area contributed by atoms with Crippen molar-refractivity contribution < 1.29 is 23.7 Å². The van der Waals surface area contributed by atoms with Crippen LogP contribution in [-0.4, -0.2) is 7.11 Å². The summed E-state index contributed by atoms with van der Waals surface area (Å²) in [6.07, 6.45) is 38.8. The van der Waals surface area contributed by atoms with Gasteiger partial charge in [0.1, 0.15) is 30.2 Å². The summed E-state index contributed by atoms with van der Waals surface area (Å²) in [6, 6.07) is 21.0. The molecule has 0 saturated carbocycles. The quantitative estimate of drug-likeness (QED) is 0.125. The summed E-state index contributed by atoms with van der Waals surface area (Å²) in [5.74, 6) is 20.5. The van der Waals surface area contributed by atoms with Crippen LogP contribution in [0.4, 0.5) is 0 Å². The normalized spacial score (nSPS) is 9.37. The molecule has 0 aromatic heterocycles. The van der Waals surface area contributed by atoms with Gasteiger partial charge in [0, 0.05) is 29.2 Å². The number of benzene rings is 4. The third-order valence-corrected chi connectivity index (χ3v) is 7.05. The van der Waals surface area contributed by atoms with Gasteiger partial charge in [0.25, 0.3) is 0 Å². The molecule has 0 atom stereocenters. The summed E-state index contributed by atoms with van der Waals surface area (Å²) in [5, 5.41) is 0. The maximum atomic E-state index is 5.85. The highest BCUT2D eigenvalue weighted by Gasteiger charge is 2.15. The summed E-state index contributed by atoms with van der Waals surface area (Å²) in [4.78, 5) is 0. The standard InChI is InChI=1S/C47H28O5/c1-8-13-26-49-43-24-22-38(33-46(43)51-28-15-10-3)41-30-35(6)18-19-36(41)20-21-40-31-42(37(17-12-5)32-45(40)48-7)39-23-25-44(50-27-14-9-2)47(34-39)52-29-16-11-4/h1-4,12,17-25,30-34H,5-7H3/b17-12+,21-20+. The van der Waals surface area contributed by atoms with Crippen LogP contribution in [0.15, 0.2) is 72.8 Å². The van der Waals surface area contributed by atoms with Crippen LogP contribution in [0.25, 0.3) is 40.5 Å². The van der Waals surface area contributed by atoms with E-state index in [-0.39, 0.29) is 0 Å². The van der Waals surface area contributed by atoms with E-state index in [1.807, 2.05) is 74.5 Å². The highest BCUT2D eigenvalue weighted by Crippen LogP contribution is 2.39. The molecule has 246 valence electrons. The van der Waals surface area contributed by atoms with Gasteiger partial charge in [0.05, 0.1) is 7.11 Å². The second-order valence-corrected chi connectivity index (χ2v) is 10.3. The molecule has 0 spiro atoms. The molecule has 0 saturated heterocycles. The minimum atomic E-state index is 0.309. The van der Waals surface area contributed by atoms with Crippen LogP contribution in [0.5, 0.6) is 28.7 Å². The topological polar surface area (TPSA) is 46.2 Å². The third-order valence-electron chi connectivity index (χ3n) is 7.05. The largest absolute Gasteiger partial charge is 0.496 e. The molecule has 5 nitrogen and oxygen atoms in total. The van der Waals surface area contributed by atoms with E-state index in [2.05, 4.69) is 77.9 Å². The Morgan fingerprint density at radius 3 is 1.44 bits per heavy atom. The lowest BCUT2D eigenvalue weighted by Crippen LogP contribution is -1.94. The molecule has 4 aromatic rings. The zero-order chi connectivity index (χ0) is 37.1. The molecule has 0 radical (unpaired) electrons. The smallest absolute Gasteiger partial charge is 0.184 e. The van der Waals surface area contributed by atoms with E-state index in [1.54, 1.807) is 31.4 Å². The minimum Gasteiger partial charge on any atom is -0.496 e. The molecule has 0 N–H and O–H groups in total. The molecule has 4 rings (SSSR count). The van der Waals surface area contributed by atoms with Crippen LogP contribution in [-0.2, 0) is 0 Å². The van der Waals surface area contributed by atoms with E-state index in [4.69, 9.17) is 49.4 Å². The molecule has 4 aromatic carbocycles. The predicted molar refractivity (Wildman–Crippen MR) is 208 cm³/mol. The van der Waals surface area contributed by atoms with Gasteiger partial charge in [0.2, 0.25) is 0 Å². The van der Waals surface area contributed by atoms with Crippen LogP contribution in [0, 0.1) is 104 Å². The van der Waals surface area contributed by atoms with Gasteiger partial charge in [-0.2, -0.15) is 0 Å². The number of ether oxygens (including phenoxy) is 5. The summed E-state index contributed by atoms with van der Waals surface area (Å²) >= 11 is 0. The Bertz CT molecular complexity index is 2490. The molecule has 0 amide bonds. The van der Waals surface area contributed by atoms with E-state index in [0.29, 0.717) is 28.7 Å². The van der Waals surface area contributed by atoms with Crippen LogP contribution in [0.2, 0.25) is 0 Å². The minimum absolute atomic E-state index is 0.309. The molecule has 0 fully saturated rings. The fraction of sp³-hybridized carbons (Fsp3) is 0.0638. The molecule has 0 heterocycles. The number of rotatable bonds is 10. The molecule has 0 unspecified atom stereocenters. The van der Waals surface area contributed by atoms with Gasteiger partial charge in [-0.3, -0.25) is 0 Å². The van der Waals surface area contributed by atoms with Gasteiger partial charge < -0.3 is 23.7 Å². The predicted octanol–water partition coefficient (Wildman–Crippen LogP) is 8.43. The van der Waals surface area contributed by atoms with E-state index in [0.717, 1.165) is 44.5 Å². The van der Waals surface area contributed by atoms with Gasteiger partial charge in [-0.05, 0) is 107 Å². The molecule has 0 aliphatic rings. The second kappa shape index (κ2) is 19.0. The zero-order valence-corrected chi connectivity index (χ0v) is 28.5. The monoisotopic (exact) mass is 672 g/mol. The third kappa shape index (κ3) is 9.70. The Hall–Kier alpha value is -8.16. The van der Waals surface area contributed by atoms with Gasteiger partial charge in [0.15, 0.2) is 23.0 Å². The van der Waals surface area contributed by atoms with Crippen molar-refractivity contribution in [3.05, 3.63) is 95.1 Å². The average molecular weight is 673 g/mol. The van der Waals surface area contributed by atoms with Gasteiger partial charge in [-0.15, -0.1) is 25.7 Å². The molecular formula is C47H28O5. The Kier molecular flexibility index (Phi) is 13.4. The number of allylic oxidation sites excluding steroid dienone is 1. The van der Waals surface area contributed by atoms with E-state index in [9.17, 15) is 0 Å². The lowest BCUT2D eigenvalue weighted by Gasteiger charge is -2.15. The average Bonchev–Trinajstić information content (AvgIpc) is 3.16. The summed E-state index contributed by atoms with van der Waals surface area (Å²) in [6.45, 7) is 3.96. The van der Waals surface area contributed by atoms with Crippen molar-refractivity contribution in [3.8, 4) is 148 Å². The first-order valence-corrected chi connectivity index (χ1v) is 15.4. The van der Waals surface area contributed by atoms with Crippen LogP contribution in [0.1, 0.15) is 29.2 Å². The summed E-state index contributed by atoms with van der Waals surface area (Å²) < 4.78 is 28.1. The number of hydrogen-bond acceptors (Lipinski definition) is 5. The highest BCUT2D eigenvalue weighted by molar-refractivity contribution is 5.86. The first kappa shape index (κ1) is 36.7. The summed E-state index contributed by atoms with van der Waals surface area (Å²) in [7, 11) is 1.63. The van der Waals surface area contributed by atoms with Gasteiger partial charge in [-0.25, -0.2) is 0 Å². The van der Waals surface area contributed by atoms with Gasteiger partial charge >= 0.3 is 0 Å². The van der Waals surface area contributed by atoms with E-state index in [1.165, 1.54) is 0 Å². The number of aryl methyl sites for hydroxylation is 1. The maximum Gasteiger partial charge on any atom is 0.184 e. The number of terminal acetylenes is 4. The van der Waals surface area contributed by atoms with Crippen molar-refractivity contribution in [3.63, 3.8) is 0 Å². The zero-order valence-electron chi connectivity index (χ0n) is 28.5. The van der Waals surface area contributed by atoms with Crippen LogP contribution < -0.4 is 23.7 Å². The molecular weight excluding hydrogens is 645 g/mol. The molecule has 0 aliphatic carbocycles. The first-order chi connectivity index (χ1) is 25.5. The first-order valence-electron chi connectivity index (χ1n) is 15.4. The number of methoxy groups -OCH3 is 1. The van der Waals surface area contributed by atoms with E-state index < -0.39 is 0 Å². The fourth-order valence-electron chi connectivity index (χ4n) is 4.85. The Balaban J connectivity index is 1.84. The number of hydrogen-bond donors (Lipinski definition) is 0. The van der Waals surface area contributed by atoms with Crippen molar-refractivity contribution in [1.82, 2.24) is 0 Å². The van der Waals surface area contributed by atoms with Gasteiger partial charge in [-0.1, -0.05) is 60.2 Å². The Morgan fingerprint density at radius 1 is 0.481 bits per heavy atom. The van der Waals surface area contributed by atoms with Crippen molar-refractivity contribution in [2.75, 3.05) is 7.11 Å². The SMILES string of the molecule is C#CC#COc1ccc(-c2cc(C)ccc2/C=C/c2cc(-c3ccc(OC#CC#C)c(OC#CC#C)c3)c(/C=C/C)cc2OC)cc1OC#CC#C. The van der Waals surface area contributed by atoms with Crippen molar-refractivity contribution in [2.24, 2.45) is 0 Å². The molecule has 52 heavy (non-hydrogen) atoms. The summed E-state index contributed by atoms with van der Waals surface area (Å²) in [5.41, 5.74) is 7.16. The second-order valence-electron chi connectivity index (χ2n) is 10.3. The van der Waals surface area contributed by atoms with Crippen molar-refractivity contribution in [2.45, 2.75) is 13.8 Å². The molecule has 5 heteroatoms. The van der Waals surface area contributed by atoms with E-state index >= 15 is 0 Å². The molecule has 0 bridgehead atoms. The van der Waals surface area contributed by atoms with Crippen LogP contribution in [0.3, 0.4) is 0 Å². The Labute approximate surface area is 305 Å². The lowest BCUT2D eigenvalue weighted by molar-refractivity contribution is 0.414. The van der Waals surface area contributed by atoms with Crippen molar-refractivity contribution in [1.29, 1.82) is 0 Å². The lowest BCUT2D eigenvalue weighted by atomic mass is 9.94.